The largest absolute Gasteiger partial charge is 0.416 e. The van der Waals surface area contributed by atoms with E-state index in [2.05, 4.69) is 20.8 Å². The Morgan fingerprint density at radius 3 is 2.26 bits per heavy atom. The van der Waals surface area contributed by atoms with Crippen LogP contribution in [0.3, 0.4) is 0 Å². The maximum Gasteiger partial charge on any atom is 0.416 e. The molecule has 5 atom stereocenters. The van der Waals surface area contributed by atoms with Crippen LogP contribution in [0.1, 0.15) is 60.5 Å². The highest BCUT2D eigenvalue weighted by Gasteiger charge is 2.46. The molecule has 0 radical (unpaired) electrons. The minimum absolute atomic E-state index is 0.0747. The molecule has 0 unspecified atom stereocenters. The lowest BCUT2D eigenvalue weighted by molar-refractivity contribution is -0.210. The Hall–Kier alpha value is -1.77. The van der Waals surface area contributed by atoms with Gasteiger partial charge >= 0.3 is 12.4 Å². The van der Waals surface area contributed by atoms with E-state index in [1.807, 2.05) is 0 Å². The van der Waals surface area contributed by atoms with Crippen molar-refractivity contribution in [3.8, 4) is 0 Å². The summed E-state index contributed by atoms with van der Waals surface area (Å²) in [5, 5.41) is 10.5. The summed E-state index contributed by atoms with van der Waals surface area (Å²) in [5.41, 5.74) is -2.71. The molecule has 2 aromatic carbocycles. The van der Waals surface area contributed by atoms with E-state index < -0.39 is 53.7 Å². The topological polar surface area (TPSA) is 51.2 Å². The molecule has 2 aromatic rings. The Bertz CT molecular complexity index is 1250. The van der Waals surface area contributed by atoms with Crippen molar-refractivity contribution < 1.29 is 50.1 Å². The van der Waals surface area contributed by atoms with Crippen LogP contribution in [0.5, 0.6) is 0 Å². The SMILES string of the molecule is C[C@@H](O[C@H]1OCC[C@@H](CN2CCC3(CC2)COC[C@@H]3O)[C@@H]1c1ccc(F)c(Br)c1)c1cc(C(F)(F)F)cc(C(F)(F)F)c1. The number of hydrogen-bond acceptors (Lipinski definition) is 5. The molecule has 3 saturated heterocycles. The molecule has 43 heavy (non-hydrogen) atoms. The standard InChI is InChI=1S/C30H33BrF7NO4/c1-17(20-10-21(29(33,34)35)13-22(11-20)30(36,37)38)43-27-26(18-2-3-24(32)23(31)12-18)19(4-9-42-27)14-39-7-5-28(6-8-39)16-41-15-25(28)40/h2-3,10-13,17,19,25-27,40H,4-9,14-16H2,1H3/t17-,19+,25+,26+,27-/m1/s1. The second-order valence-electron chi connectivity index (χ2n) is 11.8. The van der Waals surface area contributed by atoms with Gasteiger partial charge in [-0.25, -0.2) is 4.39 Å². The van der Waals surface area contributed by atoms with Gasteiger partial charge in [-0.15, -0.1) is 0 Å². The molecule has 13 heteroatoms. The number of halogens is 8. The lowest BCUT2D eigenvalue weighted by atomic mass is 9.75. The minimum atomic E-state index is -4.99. The van der Waals surface area contributed by atoms with Crippen LogP contribution in [0.15, 0.2) is 40.9 Å². The predicted molar refractivity (Wildman–Crippen MR) is 146 cm³/mol. The van der Waals surface area contributed by atoms with Gasteiger partial charge in [0.15, 0.2) is 6.29 Å². The number of rotatable bonds is 6. The van der Waals surface area contributed by atoms with Crippen molar-refractivity contribution in [3.63, 3.8) is 0 Å². The summed E-state index contributed by atoms with van der Waals surface area (Å²) in [6.45, 7) is 4.57. The predicted octanol–water partition coefficient (Wildman–Crippen LogP) is 7.32. The summed E-state index contributed by atoms with van der Waals surface area (Å²) < 4.78 is 113. The maximum absolute atomic E-state index is 14.2. The van der Waals surface area contributed by atoms with Gasteiger partial charge in [0.2, 0.25) is 0 Å². The van der Waals surface area contributed by atoms with Crippen LogP contribution in [0.25, 0.3) is 0 Å². The second kappa shape index (κ2) is 12.6. The van der Waals surface area contributed by atoms with Gasteiger partial charge in [0.25, 0.3) is 0 Å². The molecule has 0 bridgehead atoms. The van der Waals surface area contributed by atoms with Gasteiger partial charge in [-0.05, 0) is 103 Å². The highest BCUT2D eigenvalue weighted by atomic mass is 79.9. The number of piperidine rings is 1. The first-order valence-electron chi connectivity index (χ1n) is 14.2. The lowest BCUT2D eigenvalue weighted by Crippen LogP contribution is -2.49. The number of nitrogens with zero attached hydrogens (tertiary/aromatic N) is 1. The molecule has 1 spiro atoms. The maximum atomic E-state index is 14.2. The van der Waals surface area contributed by atoms with Gasteiger partial charge in [0.05, 0.1) is 47.6 Å². The van der Waals surface area contributed by atoms with Crippen LogP contribution < -0.4 is 0 Å². The highest BCUT2D eigenvalue weighted by molar-refractivity contribution is 9.10. The van der Waals surface area contributed by atoms with Gasteiger partial charge in [0, 0.05) is 17.9 Å². The van der Waals surface area contributed by atoms with E-state index in [9.17, 15) is 35.8 Å². The summed E-state index contributed by atoms with van der Waals surface area (Å²) >= 11 is 3.22. The average Bonchev–Trinajstić information content (AvgIpc) is 3.29. The zero-order valence-electron chi connectivity index (χ0n) is 23.4. The molecule has 3 heterocycles. The molecule has 0 amide bonds. The van der Waals surface area contributed by atoms with E-state index in [1.165, 1.54) is 13.0 Å². The van der Waals surface area contributed by atoms with E-state index in [1.54, 1.807) is 12.1 Å². The minimum Gasteiger partial charge on any atom is -0.390 e. The third kappa shape index (κ3) is 7.22. The van der Waals surface area contributed by atoms with E-state index in [0.717, 1.165) is 25.9 Å². The van der Waals surface area contributed by atoms with Gasteiger partial charge in [0.1, 0.15) is 5.82 Å². The number of ether oxygens (including phenoxy) is 3. The molecule has 3 aliphatic heterocycles. The van der Waals surface area contributed by atoms with Crippen molar-refractivity contribution in [2.45, 2.75) is 63.0 Å². The van der Waals surface area contributed by atoms with Crippen LogP contribution in [0.4, 0.5) is 30.7 Å². The van der Waals surface area contributed by atoms with Crippen LogP contribution in [-0.4, -0.2) is 61.9 Å². The fourth-order valence-electron chi connectivity index (χ4n) is 6.45. The summed E-state index contributed by atoms with van der Waals surface area (Å²) in [6.07, 6.45) is -10.5. The number of likely N-dealkylation sites (tertiary alicyclic amines) is 1. The Kier molecular flexibility index (Phi) is 9.52. The number of aliphatic hydroxyl groups excluding tert-OH is 1. The zero-order chi connectivity index (χ0) is 31.2. The molecular weight excluding hydrogens is 651 g/mol. The second-order valence-corrected chi connectivity index (χ2v) is 12.7. The summed E-state index contributed by atoms with van der Waals surface area (Å²) in [5.74, 6) is -1.04. The number of alkyl halides is 6. The Balaban J connectivity index is 1.40. The smallest absolute Gasteiger partial charge is 0.390 e. The fraction of sp³-hybridized carbons (Fsp3) is 0.600. The zero-order valence-corrected chi connectivity index (χ0v) is 24.9. The molecule has 0 aliphatic carbocycles. The molecule has 238 valence electrons. The molecule has 0 saturated carbocycles. The third-order valence-corrected chi connectivity index (χ3v) is 9.64. The molecule has 3 fully saturated rings. The van der Waals surface area contributed by atoms with Crippen molar-refractivity contribution in [2.75, 3.05) is 39.5 Å². The summed E-state index contributed by atoms with van der Waals surface area (Å²) in [7, 11) is 0. The fourth-order valence-corrected chi connectivity index (χ4v) is 6.85. The van der Waals surface area contributed by atoms with Crippen LogP contribution in [0.2, 0.25) is 0 Å². The first-order valence-corrected chi connectivity index (χ1v) is 15.0. The van der Waals surface area contributed by atoms with Crippen molar-refractivity contribution in [1.82, 2.24) is 4.90 Å². The number of hydrogen-bond donors (Lipinski definition) is 1. The molecule has 5 nitrogen and oxygen atoms in total. The monoisotopic (exact) mass is 683 g/mol. The highest BCUT2D eigenvalue weighted by Crippen LogP contribution is 2.44. The third-order valence-electron chi connectivity index (χ3n) is 9.03. The molecule has 3 aliphatic rings. The summed E-state index contributed by atoms with van der Waals surface area (Å²) in [6, 6.07) is 5.90. The lowest BCUT2D eigenvalue weighted by Gasteiger charge is -2.44. The normalized spacial score (nSPS) is 27.5. The van der Waals surface area contributed by atoms with Crippen molar-refractivity contribution >= 4 is 15.9 Å². The van der Waals surface area contributed by atoms with Crippen molar-refractivity contribution in [1.29, 1.82) is 0 Å². The van der Waals surface area contributed by atoms with E-state index in [4.69, 9.17) is 14.2 Å². The van der Waals surface area contributed by atoms with Gasteiger partial charge in [-0.2, -0.15) is 26.3 Å². The van der Waals surface area contributed by atoms with Crippen LogP contribution >= 0.6 is 15.9 Å². The van der Waals surface area contributed by atoms with Crippen molar-refractivity contribution in [2.24, 2.45) is 11.3 Å². The quantitative estimate of drug-likeness (QED) is 0.324. The molecular formula is C30H33BrF7NO4. The summed E-state index contributed by atoms with van der Waals surface area (Å²) in [4.78, 5) is 2.28. The van der Waals surface area contributed by atoms with Gasteiger partial charge in [-0.3, -0.25) is 0 Å². The molecule has 1 N–H and O–H groups in total. The molecule has 5 rings (SSSR count). The first-order chi connectivity index (χ1) is 20.2. The van der Waals surface area contributed by atoms with Gasteiger partial charge < -0.3 is 24.2 Å². The number of aliphatic hydroxyl groups is 1. The Morgan fingerprint density at radius 1 is 1.05 bits per heavy atom. The van der Waals surface area contributed by atoms with Crippen LogP contribution in [0, 0.1) is 17.2 Å². The Morgan fingerprint density at radius 2 is 1.70 bits per heavy atom. The van der Waals surface area contributed by atoms with E-state index >= 15 is 0 Å². The average molecular weight is 684 g/mol. The van der Waals surface area contributed by atoms with E-state index in [0.29, 0.717) is 43.9 Å². The molecule has 0 aromatic heterocycles. The van der Waals surface area contributed by atoms with E-state index in [-0.39, 0.29) is 34.0 Å². The number of benzene rings is 2. The van der Waals surface area contributed by atoms with Crippen molar-refractivity contribution in [3.05, 3.63) is 68.9 Å². The van der Waals surface area contributed by atoms with Crippen LogP contribution in [-0.2, 0) is 26.6 Å². The Labute approximate surface area is 253 Å². The first kappa shape index (κ1) is 32.6. The van der Waals surface area contributed by atoms with Gasteiger partial charge in [-0.1, -0.05) is 6.07 Å².